The maximum Gasteiger partial charge on any atom is 0.433 e. The fourth-order valence-electron chi connectivity index (χ4n) is 5.18. The average Bonchev–Trinajstić information content (AvgIpc) is 3.54. The molecule has 13 heteroatoms. The Morgan fingerprint density at radius 2 is 1.89 bits per heavy atom. The van der Waals surface area contributed by atoms with Gasteiger partial charge >= 0.3 is 6.18 Å². The number of ether oxygens (including phenoxy) is 1. The Morgan fingerprint density at radius 1 is 1.13 bits per heavy atom. The third kappa shape index (κ3) is 4.33. The lowest BCUT2D eigenvalue weighted by atomic mass is 9.75. The van der Waals surface area contributed by atoms with E-state index in [1.54, 1.807) is 12.4 Å². The number of pyridine rings is 1. The number of aryl methyl sites for hydroxylation is 1. The zero-order valence-corrected chi connectivity index (χ0v) is 20.3. The number of aromatic nitrogens is 6. The molecule has 2 saturated heterocycles. The van der Waals surface area contributed by atoms with Crippen LogP contribution in [0.1, 0.15) is 22.8 Å². The molecule has 2 atom stereocenters. The van der Waals surface area contributed by atoms with E-state index in [1.807, 2.05) is 29.8 Å². The molecule has 0 saturated carbocycles. The van der Waals surface area contributed by atoms with Gasteiger partial charge in [0.15, 0.2) is 0 Å². The number of hydrogen-bond acceptors (Lipinski definition) is 6. The van der Waals surface area contributed by atoms with E-state index < -0.39 is 24.2 Å². The first kappa shape index (κ1) is 24.9. The van der Waals surface area contributed by atoms with Crippen molar-refractivity contribution in [3.05, 3.63) is 59.4 Å². The second-order valence-electron chi connectivity index (χ2n) is 10.1. The Balaban J connectivity index is 1.40. The molecular formula is C25H24F5N7O. The highest BCUT2D eigenvalue weighted by atomic mass is 19.4. The summed E-state index contributed by atoms with van der Waals surface area (Å²) in [4.78, 5) is 5.23. The summed E-state index contributed by atoms with van der Waals surface area (Å²) in [7, 11) is 1.86. The lowest BCUT2D eigenvalue weighted by Gasteiger charge is -2.41. The summed E-state index contributed by atoms with van der Waals surface area (Å²) in [5.41, 5.74) is 0.807. The molecule has 0 amide bonds. The van der Waals surface area contributed by atoms with Gasteiger partial charge in [-0.15, -0.1) is 10.2 Å². The number of H-pyrrole nitrogens is 1. The number of aromatic amines is 1. The summed E-state index contributed by atoms with van der Waals surface area (Å²) < 4.78 is 76.3. The molecule has 4 aromatic rings. The highest BCUT2D eigenvalue weighted by Crippen LogP contribution is 2.39. The molecule has 1 aromatic carbocycles. The molecular weight excluding hydrogens is 509 g/mol. The van der Waals surface area contributed by atoms with E-state index in [1.165, 1.54) is 4.90 Å². The van der Waals surface area contributed by atoms with Crippen LogP contribution in [0.4, 0.5) is 22.0 Å². The zero-order valence-electron chi connectivity index (χ0n) is 20.3. The quantitative estimate of drug-likeness (QED) is 0.380. The Bertz CT molecular complexity index is 1470. The Morgan fingerprint density at radius 3 is 2.53 bits per heavy atom. The summed E-state index contributed by atoms with van der Waals surface area (Å²) >= 11 is 0. The molecule has 0 unspecified atom stereocenters. The Kier molecular flexibility index (Phi) is 5.94. The van der Waals surface area contributed by atoms with Crippen LogP contribution in [0.5, 0.6) is 0 Å². The fraction of sp³-hybridized carbons (Fsp3) is 0.440. The van der Waals surface area contributed by atoms with Gasteiger partial charge in [0.25, 0.3) is 0 Å². The summed E-state index contributed by atoms with van der Waals surface area (Å²) in [6, 6.07) is 8.45. The van der Waals surface area contributed by atoms with Gasteiger partial charge in [-0.05, 0) is 17.7 Å². The molecule has 2 fully saturated rings. The first-order valence-electron chi connectivity index (χ1n) is 12.1. The number of benzene rings is 1. The maximum atomic E-state index is 13.8. The van der Waals surface area contributed by atoms with Crippen molar-refractivity contribution in [1.29, 1.82) is 0 Å². The van der Waals surface area contributed by atoms with Crippen molar-refractivity contribution in [3.63, 3.8) is 0 Å². The number of nitrogens with one attached hydrogen (secondary N) is 1. The minimum atomic E-state index is -4.71. The van der Waals surface area contributed by atoms with Crippen LogP contribution in [-0.4, -0.2) is 73.5 Å². The number of fused-ring (bicyclic) bond motifs is 1. The van der Waals surface area contributed by atoms with Crippen LogP contribution in [0.3, 0.4) is 0 Å². The van der Waals surface area contributed by atoms with Gasteiger partial charge in [0.05, 0.1) is 24.4 Å². The number of nitrogens with zero attached hydrogens (tertiary/aromatic N) is 6. The molecule has 0 spiro atoms. The normalized spacial score (nSPS) is 21.7. The second-order valence-corrected chi connectivity index (χ2v) is 10.1. The van der Waals surface area contributed by atoms with Crippen LogP contribution in [0, 0.1) is 0 Å². The predicted molar refractivity (Wildman–Crippen MR) is 127 cm³/mol. The second kappa shape index (κ2) is 9.09. The van der Waals surface area contributed by atoms with E-state index in [9.17, 15) is 22.0 Å². The standard InChI is InChI=1S/C25H24F5N7O/c1-36-13-31-33-21(36)7-24(11-38-12-24)15-4-2-3-14(5-15)22-16-6-20(25(28,29)30)32-19(23(16)35-34-22)10-37-8-17(26)18(27)9-37/h2-6,13,17-18H,7-12H2,1H3,(H,34,35)/t17-,18-/m1/s1. The van der Waals surface area contributed by atoms with E-state index in [0.29, 0.717) is 36.4 Å². The topological polar surface area (TPSA) is 84.8 Å². The van der Waals surface area contributed by atoms with Crippen LogP contribution in [-0.2, 0) is 36.3 Å². The minimum absolute atomic E-state index is 0.0391. The summed E-state index contributed by atoms with van der Waals surface area (Å²) in [6.07, 6.45) is -5.86. The van der Waals surface area contributed by atoms with Crippen LogP contribution in [0.2, 0.25) is 0 Å². The molecule has 38 heavy (non-hydrogen) atoms. The molecule has 5 heterocycles. The average molecular weight is 534 g/mol. The van der Waals surface area contributed by atoms with E-state index in [4.69, 9.17) is 4.74 Å². The van der Waals surface area contributed by atoms with Crippen molar-refractivity contribution in [1.82, 2.24) is 34.8 Å². The molecule has 1 N–H and O–H groups in total. The number of likely N-dealkylation sites (tertiary alicyclic amines) is 1. The molecule has 200 valence electrons. The summed E-state index contributed by atoms with van der Waals surface area (Å²) in [5.74, 6) is 0.794. The number of alkyl halides is 5. The highest BCUT2D eigenvalue weighted by Gasteiger charge is 2.42. The molecule has 2 aliphatic rings. The minimum Gasteiger partial charge on any atom is -0.379 e. The van der Waals surface area contributed by atoms with Gasteiger partial charge in [0.1, 0.15) is 35.9 Å². The zero-order chi connectivity index (χ0) is 26.7. The van der Waals surface area contributed by atoms with E-state index in [0.717, 1.165) is 17.5 Å². The van der Waals surface area contributed by atoms with Gasteiger partial charge in [-0.2, -0.15) is 18.3 Å². The van der Waals surface area contributed by atoms with Crippen LogP contribution >= 0.6 is 0 Å². The highest BCUT2D eigenvalue weighted by molar-refractivity contribution is 5.94. The third-order valence-corrected chi connectivity index (χ3v) is 7.36. The Labute approximate surface area is 213 Å². The van der Waals surface area contributed by atoms with Gasteiger partial charge < -0.3 is 9.30 Å². The van der Waals surface area contributed by atoms with Crippen LogP contribution < -0.4 is 0 Å². The fourth-order valence-corrected chi connectivity index (χ4v) is 5.18. The van der Waals surface area contributed by atoms with E-state index in [-0.39, 0.29) is 36.1 Å². The number of rotatable bonds is 6. The lowest BCUT2D eigenvalue weighted by molar-refractivity contribution is -0.141. The monoisotopic (exact) mass is 533 g/mol. The molecule has 8 nitrogen and oxygen atoms in total. The van der Waals surface area contributed by atoms with Crippen molar-refractivity contribution in [3.8, 4) is 11.3 Å². The lowest BCUT2D eigenvalue weighted by Crippen LogP contribution is -2.49. The Hall–Kier alpha value is -3.45. The van der Waals surface area contributed by atoms with Gasteiger partial charge in [0.2, 0.25) is 0 Å². The van der Waals surface area contributed by atoms with Gasteiger partial charge in [-0.1, -0.05) is 18.2 Å². The van der Waals surface area contributed by atoms with Crippen LogP contribution in [0.15, 0.2) is 36.7 Å². The maximum absolute atomic E-state index is 13.8. The summed E-state index contributed by atoms with van der Waals surface area (Å²) in [5, 5.41) is 15.5. The van der Waals surface area contributed by atoms with E-state index in [2.05, 4.69) is 25.4 Å². The number of halogens is 5. The van der Waals surface area contributed by atoms with Crippen molar-refractivity contribution in [2.45, 2.75) is 36.9 Å². The molecule has 0 bridgehead atoms. The van der Waals surface area contributed by atoms with E-state index >= 15 is 0 Å². The number of hydrogen-bond donors (Lipinski definition) is 1. The molecule has 6 rings (SSSR count). The SMILES string of the molecule is Cn1cnnc1CC1(c2cccc(-c3n[nH]c4c(CN5C[C@@H](F)[C@H](F)C5)nc(C(F)(F)F)cc34)c2)COC1. The molecule has 0 aliphatic carbocycles. The van der Waals surface area contributed by atoms with Gasteiger partial charge in [0, 0.05) is 49.5 Å². The first-order chi connectivity index (χ1) is 18.1. The smallest absolute Gasteiger partial charge is 0.379 e. The van der Waals surface area contributed by atoms with Crippen molar-refractivity contribution in [2.75, 3.05) is 26.3 Å². The van der Waals surface area contributed by atoms with Crippen molar-refractivity contribution < 1.29 is 26.7 Å². The van der Waals surface area contributed by atoms with Gasteiger partial charge in [-0.3, -0.25) is 10.00 Å². The van der Waals surface area contributed by atoms with Crippen molar-refractivity contribution in [2.24, 2.45) is 7.05 Å². The molecule has 2 aliphatic heterocycles. The summed E-state index contributed by atoms with van der Waals surface area (Å²) in [6.45, 7) is 0.384. The first-order valence-corrected chi connectivity index (χ1v) is 12.1. The molecule has 0 radical (unpaired) electrons. The molecule has 3 aromatic heterocycles. The predicted octanol–water partition coefficient (Wildman–Crippen LogP) is 3.77. The van der Waals surface area contributed by atoms with Gasteiger partial charge in [-0.25, -0.2) is 13.8 Å². The third-order valence-electron chi connectivity index (χ3n) is 7.36. The largest absolute Gasteiger partial charge is 0.433 e. The van der Waals surface area contributed by atoms with Crippen LogP contribution in [0.25, 0.3) is 22.2 Å². The van der Waals surface area contributed by atoms with Crippen molar-refractivity contribution >= 4 is 10.9 Å².